The fraction of sp³-hybridized carbons (Fsp3) is 0.611. The highest BCUT2D eigenvalue weighted by atomic mass is 16.5. The highest BCUT2D eigenvalue weighted by molar-refractivity contribution is 5.49. The van der Waals surface area contributed by atoms with E-state index in [0.717, 1.165) is 31.5 Å². The summed E-state index contributed by atoms with van der Waals surface area (Å²) in [5, 5.41) is 0. The topological polar surface area (TPSA) is 9.23 Å². The minimum absolute atomic E-state index is 0.762. The van der Waals surface area contributed by atoms with Crippen LogP contribution >= 0.6 is 0 Å². The van der Waals surface area contributed by atoms with Crippen LogP contribution in [0.25, 0.3) is 6.08 Å². The zero-order valence-electron chi connectivity index (χ0n) is 24.1. The van der Waals surface area contributed by atoms with E-state index in [-0.39, 0.29) is 0 Å². The van der Waals surface area contributed by atoms with Gasteiger partial charge in [-0.2, -0.15) is 0 Å². The second-order valence-electron chi connectivity index (χ2n) is 11.5. The Morgan fingerprint density at radius 1 is 0.649 bits per heavy atom. The van der Waals surface area contributed by atoms with Gasteiger partial charge in [-0.1, -0.05) is 139 Å². The third-order valence-electron chi connectivity index (χ3n) is 8.33. The molecule has 1 fully saturated rings. The lowest BCUT2D eigenvalue weighted by Crippen LogP contribution is -2.14. The van der Waals surface area contributed by atoms with Crippen molar-refractivity contribution in [3.05, 3.63) is 76.9 Å². The monoisotopic (exact) mass is 502 g/mol. The summed E-state index contributed by atoms with van der Waals surface area (Å²) in [5.41, 5.74) is 5.63. The number of benzene rings is 2. The van der Waals surface area contributed by atoms with Crippen LogP contribution in [0.4, 0.5) is 0 Å². The number of allylic oxidation sites excluding steroid dienone is 1. The number of hydrogen-bond acceptors (Lipinski definition) is 1. The third kappa shape index (κ3) is 12.5. The molecule has 0 N–H and O–H groups in total. The molecule has 1 aliphatic carbocycles. The third-order valence-corrected chi connectivity index (χ3v) is 8.33. The molecule has 0 bridgehead atoms. The smallest absolute Gasteiger partial charge is 0.0716 e. The molecule has 2 aromatic rings. The van der Waals surface area contributed by atoms with Crippen molar-refractivity contribution in [1.82, 2.24) is 0 Å². The van der Waals surface area contributed by atoms with Gasteiger partial charge in [-0.05, 0) is 72.6 Å². The van der Waals surface area contributed by atoms with Gasteiger partial charge in [-0.25, -0.2) is 0 Å². The van der Waals surface area contributed by atoms with E-state index in [0.29, 0.717) is 0 Å². The molecular formula is C36H54O. The van der Waals surface area contributed by atoms with Gasteiger partial charge in [0.15, 0.2) is 0 Å². The van der Waals surface area contributed by atoms with Gasteiger partial charge >= 0.3 is 0 Å². The van der Waals surface area contributed by atoms with Gasteiger partial charge in [0.05, 0.1) is 6.61 Å². The lowest BCUT2D eigenvalue weighted by atomic mass is 9.78. The first-order chi connectivity index (χ1) is 18.3. The molecule has 1 aliphatic rings. The first-order valence-corrected chi connectivity index (χ1v) is 15.7. The molecule has 37 heavy (non-hydrogen) atoms. The Morgan fingerprint density at radius 3 is 1.73 bits per heavy atom. The number of aryl methyl sites for hydroxylation is 2. The Balaban J connectivity index is 1.18. The van der Waals surface area contributed by atoms with Crippen LogP contribution in [0.1, 0.15) is 126 Å². The largest absolute Gasteiger partial charge is 0.377 e. The predicted molar refractivity (Wildman–Crippen MR) is 162 cm³/mol. The van der Waals surface area contributed by atoms with E-state index in [4.69, 9.17) is 4.74 Å². The summed E-state index contributed by atoms with van der Waals surface area (Å²) in [7, 11) is 0. The van der Waals surface area contributed by atoms with Crippen molar-refractivity contribution in [2.45, 2.75) is 123 Å². The Bertz CT molecular complexity index is 839. The molecule has 1 nitrogen and oxygen atoms in total. The number of rotatable bonds is 18. The zero-order valence-corrected chi connectivity index (χ0v) is 24.1. The van der Waals surface area contributed by atoms with Crippen LogP contribution in [-0.4, -0.2) is 6.61 Å². The fourth-order valence-electron chi connectivity index (χ4n) is 5.83. The Hall–Kier alpha value is -1.86. The average Bonchev–Trinajstić information content (AvgIpc) is 2.94. The van der Waals surface area contributed by atoms with E-state index in [1.54, 1.807) is 0 Å². The summed E-state index contributed by atoms with van der Waals surface area (Å²) in [6.45, 7) is 6.08. The fourth-order valence-corrected chi connectivity index (χ4v) is 5.83. The van der Waals surface area contributed by atoms with Gasteiger partial charge in [0.2, 0.25) is 0 Å². The summed E-state index contributed by atoms with van der Waals surface area (Å²) in [4.78, 5) is 0. The van der Waals surface area contributed by atoms with Crippen LogP contribution in [0.3, 0.4) is 0 Å². The lowest BCUT2D eigenvalue weighted by Gasteiger charge is -2.28. The van der Waals surface area contributed by atoms with Gasteiger partial charge in [-0.3, -0.25) is 0 Å². The molecule has 0 unspecified atom stereocenters. The van der Waals surface area contributed by atoms with Crippen molar-refractivity contribution in [2.75, 3.05) is 6.61 Å². The van der Waals surface area contributed by atoms with Crippen LogP contribution in [-0.2, 0) is 24.2 Å². The van der Waals surface area contributed by atoms with Gasteiger partial charge in [0.25, 0.3) is 0 Å². The van der Waals surface area contributed by atoms with E-state index >= 15 is 0 Å². The standard InChI is InChI=1S/C36H54O/c1-3-5-11-29-37-30-36-27-25-35(26-28-36)16-10-9-15-34-23-21-33(22-24-34)14-8-7-13-32-19-17-31(18-20-32)12-6-4-2/h6,12,17-20,25-28,33-34H,3-5,7-11,13-16,21-24,29-30H2,1-2H3/t33-,34-. The van der Waals surface area contributed by atoms with E-state index in [9.17, 15) is 0 Å². The second kappa shape index (κ2) is 18.4. The van der Waals surface area contributed by atoms with Gasteiger partial charge in [0, 0.05) is 6.61 Å². The number of ether oxygens (including phenoxy) is 1. The molecule has 2 aromatic carbocycles. The maximum atomic E-state index is 5.79. The maximum absolute atomic E-state index is 5.79. The predicted octanol–water partition coefficient (Wildman–Crippen LogP) is 10.7. The van der Waals surface area contributed by atoms with Gasteiger partial charge in [0.1, 0.15) is 0 Å². The van der Waals surface area contributed by atoms with Gasteiger partial charge in [-0.15, -0.1) is 0 Å². The number of hydrogen-bond donors (Lipinski definition) is 0. The molecule has 0 amide bonds. The molecule has 204 valence electrons. The van der Waals surface area contributed by atoms with Crippen molar-refractivity contribution in [1.29, 1.82) is 0 Å². The summed E-state index contributed by atoms with van der Waals surface area (Å²) in [6.07, 6.45) is 26.0. The zero-order chi connectivity index (χ0) is 26.0. The Labute approximate surface area is 229 Å². The normalized spacial score (nSPS) is 18.0. The molecule has 0 aliphatic heterocycles. The summed E-state index contributed by atoms with van der Waals surface area (Å²) in [6, 6.07) is 18.3. The van der Waals surface area contributed by atoms with E-state index in [1.807, 2.05) is 0 Å². The SMILES string of the molecule is CCC=Cc1ccc(CCCC[C@H]2CC[C@H](CCCCc3ccc(COCCCCC)cc3)CC2)cc1. The van der Waals surface area contributed by atoms with Crippen LogP contribution in [0.5, 0.6) is 0 Å². The van der Waals surface area contributed by atoms with E-state index < -0.39 is 0 Å². The average molecular weight is 503 g/mol. The number of unbranched alkanes of at least 4 members (excludes halogenated alkanes) is 4. The molecule has 0 atom stereocenters. The lowest BCUT2D eigenvalue weighted by molar-refractivity contribution is 0.117. The summed E-state index contributed by atoms with van der Waals surface area (Å²) < 4.78 is 5.79. The quantitative estimate of drug-likeness (QED) is 0.184. The molecule has 0 spiro atoms. The highest BCUT2D eigenvalue weighted by Gasteiger charge is 2.20. The molecule has 1 heteroatoms. The van der Waals surface area contributed by atoms with Crippen molar-refractivity contribution in [3.8, 4) is 0 Å². The molecule has 0 radical (unpaired) electrons. The van der Waals surface area contributed by atoms with Crippen LogP contribution in [0, 0.1) is 11.8 Å². The first-order valence-electron chi connectivity index (χ1n) is 15.7. The minimum Gasteiger partial charge on any atom is -0.377 e. The van der Waals surface area contributed by atoms with Crippen LogP contribution in [0.15, 0.2) is 54.6 Å². The van der Waals surface area contributed by atoms with Crippen molar-refractivity contribution < 1.29 is 4.74 Å². The molecule has 0 heterocycles. The first kappa shape index (κ1) is 29.7. The van der Waals surface area contributed by atoms with Crippen molar-refractivity contribution >= 4 is 6.08 Å². The van der Waals surface area contributed by atoms with E-state index in [2.05, 4.69) is 74.5 Å². The molecule has 0 aromatic heterocycles. The van der Waals surface area contributed by atoms with Crippen LogP contribution < -0.4 is 0 Å². The molecule has 1 saturated carbocycles. The van der Waals surface area contributed by atoms with Crippen molar-refractivity contribution in [3.63, 3.8) is 0 Å². The Kier molecular flexibility index (Phi) is 14.8. The molecular weight excluding hydrogens is 448 g/mol. The van der Waals surface area contributed by atoms with Crippen molar-refractivity contribution in [2.24, 2.45) is 11.8 Å². The molecule has 0 saturated heterocycles. The highest BCUT2D eigenvalue weighted by Crippen LogP contribution is 2.34. The minimum atomic E-state index is 0.762. The summed E-state index contributed by atoms with van der Waals surface area (Å²) >= 11 is 0. The second-order valence-corrected chi connectivity index (χ2v) is 11.5. The van der Waals surface area contributed by atoms with Crippen LogP contribution in [0.2, 0.25) is 0 Å². The van der Waals surface area contributed by atoms with E-state index in [1.165, 1.54) is 119 Å². The maximum Gasteiger partial charge on any atom is 0.0716 e. The Morgan fingerprint density at radius 2 is 1.19 bits per heavy atom. The summed E-state index contributed by atoms with van der Waals surface area (Å²) in [5.74, 6) is 1.98. The van der Waals surface area contributed by atoms with Gasteiger partial charge < -0.3 is 4.74 Å². The molecule has 3 rings (SSSR count).